The van der Waals surface area contributed by atoms with E-state index < -0.39 is 0 Å². The number of rotatable bonds is 7. The Bertz CT molecular complexity index is 798. The predicted molar refractivity (Wildman–Crippen MR) is 127 cm³/mol. The summed E-state index contributed by atoms with van der Waals surface area (Å²) < 4.78 is 15.9. The van der Waals surface area contributed by atoms with E-state index in [9.17, 15) is 0 Å². The molecule has 1 aromatic carbocycles. The lowest BCUT2D eigenvalue weighted by molar-refractivity contribution is 0.374. The van der Waals surface area contributed by atoms with Crippen LogP contribution in [0, 0.1) is 6.92 Å². The molecule has 9 nitrogen and oxygen atoms in total. The average molecular weight is 530 g/mol. The van der Waals surface area contributed by atoms with Gasteiger partial charge in [-0.25, -0.2) is 0 Å². The molecule has 1 saturated heterocycles. The van der Waals surface area contributed by atoms with Crippen molar-refractivity contribution in [2.24, 2.45) is 4.99 Å². The van der Waals surface area contributed by atoms with Gasteiger partial charge in [0.25, 0.3) is 0 Å². The quantitative estimate of drug-likeness (QED) is 0.320. The molecule has 0 amide bonds. The van der Waals surface area contributed by atoms with Crippen LogP contribution in [0.25, 0.3) is 0 Å². The number of aryl methyl sites for hydroxylation is 1. The highest BCUT2D eigenvalue weighted by Gasteiger charge is 2.21. The van der Waals surface area contributed by atoms with Crippen molar-refractivity contribution >= 4 is 35.6 Å². The lowest BCUT2D eigenvalue weighted by atomic mass is 10.0. The standard InChI is InChI=1S/C20H30N6O3.HI/c1-14-23-19(29-25-14)5-8-22-20(21-2)24-15-6-9-26(10-7-15)16-11-17(27-3)13-18(12-16)28-4;/h11-13,15H,5-10H2,1-4H3,(H2,21,22,24);1H. The molecule has 0 aliphatic carbocycles. The Morgan fingerprint density at radius 2 is 1.87 bits per heavy atom. The van der Waals surface area contributed by atoms with Gasteiger partial charge in [0.05, 0.1) is 14.2 Å². The van der Waals surface area contributed by atoms with Gasteiger partial charge in [0.15, 0.2) is 11.8 Å². The number of piperidine rings is 1. The van der Waals surface area contributed by atoms with Crippen molar-refractivity contribution in [3.63, 3.8) is 0 Å². The molecule has 0 radical (unpaired) electrons. The van der Waals surface area contributed by atoms with Crippen LogP contribution in [-0.2, 0) is 6.42 Å². The number of guanidine groups is 1. The molecular formula is C20H31IN6O3. The summed E-state index contributed by atoms with van der Waals surface area (Å²) in [6, 6.07) is 6.37. The summed E-state index contributed by atoms with van der Waals surface area (Å²) in [5, 5.41) is 10.6. The summed E-state index contributed by atoms with van der Waals surface area (Å²) in [7, 11) is 5.13. The summed E-state index contributed by atoms with van der Waals surface area (Å²) in [5.74, 6) is 3.69. The zero-order valence-electron chi connectivity index (χ0n) is 18.0. The topological polar surface area (TPSA) is 97.0 Å². The second-order valence-electron chi connectivity index (χ2n) is 6.96. The number of nitrogens with one attached hydrogen (secondary N) is 2. The smallest absolute Gasteiger partial charge is 0.228 e. The monoisotopic (exact) mass is 530 g/mol. The summed E-state index contributed by atoms with van der Waals surface area (Å²) in [4.78, 5) is 10.9. The Hall–Kier alpha value is -2.24. The van der Waals surface area contributed by atoms with Crippen LogP contribution < -0.4 is 25.0 Å². The summed E-state index contributed by atoms with van der Waals surface area (Å²) >= 11 is 0. The minimum Gasteiger partial charge on any atom is -0.497 e. The largest absolute Gasteiger partial charge is 0.497 e. The first-order valence-corrected chi connectivity index (χ1v) is 9.85. The van der Waals surface area contributed by atoms with Crippen LogP contribution in [0.1, 0.15) is 24.6 Å². The third-order valence-electron chi connectivity index (χ3n) is 4.96. The first-order valence-electron chi connectivity index (χ1n) is 9.85. The number of hydrogen-bond donors (Lipinski definition) is 2. The van der Waals surface area contributed by atoms with E-state index in [1.165, 1.54) is 0 Å². The molecule has 2 heterocycles. The van der Waals surface area contributed by atoms with Gasteiger partial charge in [-0.3, -0.25) is 4.99 Å². The Morgan fingerprint density at radius 1 is 1.20 bits per heavy atom. The molecule has 1 aliphatic rings. The first-order chi connectivity index (χ1) is 14.1. The Balaban J connectivity index is 0.00000320. The molecule has 1 aliphatic heterocycles. The lowest BCUT2D eigenvalue weighted by Crippen LogP contribution is -2.49. The van der Waals surface area contributed by atoms with Gasteiger partial charge in [0, 0.05) is 63.0 Å². The molecule has 0 unspecified atom stereocenters. The van der Waals surface area contributed by atoms with Crippen LogP contribution >= 0.6 is 24.0 Å². The van der Waals surface area contributed by atoms with Gasteiger partial charge in [0.1, 0.15) is 11.5 Å². The van der Waals surface area contributed by atoms with Gasteiger partial charge in [-0.1, -0.05) is 5.16 Å². The molecule has 30 heavy (non-hydrogen) atoms. The zero-order chi connectivity index (χ0) is 20.6. The van der Waals surface area contributed by atoms with Crippen LogP contribution in [0.4, 0.5) is 5.69 Å². The number of methoxy groups -OCH3 is 2. The maximum atomic E-state index is 5.39. The molecule has 1 aromatic heterocycles. The second kappa shape index (κ2) is 11.8. The number of anilines is 1. The van der Waals surface area contributed by atoms with Crippen molar-refractivity contribution in [2.45, 2.75) is 32.2 Å². The van der Waals surface area contributed by atoms with E-state index in [2.05, 4.69) is 42.8 Å². The third kappa shape index (κ3) is 6.64. The number of benzene rings is 1. The molecule has 1 fully saturated rings. The van der Waals surface area contributed by atoms with Gasteiger partial charge in [-0.15, -0.1) is 24.0 Å². The van der Waals surface area contributed by atoms with E-state index in [-0.39, 0.29) is 24.0 Å². The van der Waals surface area contributed by atoms with Crippen molar-refractivity contribution < 1.29 is 14.0 Å². The number of hydrogen-bond acceptors (Lipinski definition) is 7. The molecular weight excluding hydrogens is 499 g/mol. The molecule has 3 rings (SSSR count). The van der Waals surface area contributed by atoms with E-state index in [0.717, 1.165) is 49.1 Å². The molecule has 0 saturated carbocycles. The minimum atomic E-state index is 0. The summed E-state index contributed by atoms with van der Waals surface area (Å²) in [5.41, 5.74) is 1.12. The Kier molecular flexibility index (Phi) is 9.47. The van der Waals surface area contributed by atoms with Gasteiger partial charge in [0.2, 0.25) is 5.89 Å². The van der Waals surface area contributed by atoms with Crippen molar-refractivity contribution in [3.05, 3.63) is 29.9 Å². The fourth-order valence-corrected chi connectivity index (χ4v) is 3.37. The third-order valence-corrected chi connectivity index (χ3v) is 4.96. The van der Waals surface area contributed by atoms with Gasteiger partial charge < -0.3 is 29.5 Å². The number of ether oxygens (including phenoxy) is 2. The van der Waals surface area contributed by atoms with Gasteiger partial charge in [-0.05, 0) is 19.8 Å². The maximum absolute atomic E-state index is 5.39. The number of aliphatic imine (C=N–C) groups is 1. The second-order valence-corrected chi connectivity index (χ2v) is 6.96. The fourth-order valence-electron chi connectivity index (χ4n) is 3.37. The van der Waals surface area contributed by atoms with Crippen molar-refractivity contribution in [1.82, 2.24) is 20.8 Å². The zero-order valence-corrected chi connectivity index (χ0v) is 20.3. The highest BCUT2D eigenvalue weighted by molar-refractivity contribution is 14.0. The highest BCUT2D eigenvalue weighted by Crippen LogP contribution is 2.30. The van der Waals surface area contributed by atoms with Crippen LogP contribution in [0.5, 0.6) is 11.5 Å². The predicted octanol–water partition coefficient (Wildman–Crippen LogP) is 2.39. The summed E-state index contributed by atoms with van der Waals surface area (Å²) in [6.07, 6.45) is 2.70. The molecule has 2 N–H and O–H groups in total. The van der Waals surface area contributed by atoms with Gasteiger partial charge >= 0.3 is 0 Å². The van der Waals surface area contributed by atoms with E-state index in [1.54, 1.807) is 21.3 Å². The van der Waals surface area contributed by atoms with E-state index in [0.29, 0.717) is 30.7 Å². The van der Waals surface area contributed by atoms with E-state index >= 15 is 0 Å². The molecule has 0 spiro atoms. The summed E-state index contributed by atoms with van der Waals surface area (Å²) in [6.45, 7) is 4.40. The number of aromatic nitrogens is 2. The Labute approximate surface area is 194 Å². The molecule has 2 aromatic rings. The van der Waals surface area contributed by atoms with E-state index in [4.69, 9.17) is 14.0 Å². The number of halogens is 1. The maximum Gasteiger partial charge on any atom is 0.228 e. The molecule has 0 atom stereocenters. The number of nitrogens with zero attached hydrogens (tertiary/aromatic N) is 4. The Morgan fingerprint density at radius 3 is 2.40 bits per heavy atom. The van der Waals surface area contributed by atoms with Crippen LogP contribution in [0.2, 0.25) is 0 Å². The SMILES string of the molecule is CN=C(NCCc1nc(C)no1)NC1CCN(c2cc(OC)cc(OC)c2)CC1.I. The normalized spacial score (nSPS) is 14.8. The molecule has 166 valence electrons. The lowest BCUT2D eigenvalue weighted by Gasteiger charge is -2.34. The molecule has 10 heteroatoms. The van der Waals surface area contributed by atoms with Crippen LogP contribution in [-0.4, -0.2) is 63.0 Å². The van der Waals surface area contributed by atoms with Crippen molar-refractivity contribution in [1.29, 1.82) is 0 Å². The van der Waals surface area contributed by atoms with Crippen molar-refractivity contribution in [3.8, 4) is 11.5 Å². The van der Waals surface area contributed by atoms with Crippen LogP contribution in [0.3, 0.4) is 0 Å². The minimum absolute atomic E-state index is 0. The first kappa shape index (κ1) is 24.0. The molecule has 0 bridgehead atoms. The average Bonchev–Trinajstić information content (AvgIpc) is 3.18. The van der Waals surface area contributed by atoms with Crippen molar-refractivity contribution in [2.75, 3.05) is 45.8 Å². The van der Waals surface area contributed by atoms with Crippen LogP contribution in [0.15, 0.2) is 27.7 Å². The van der Waals surface area contributed by atoms with E-state index in [1.807, 2.05) is 13.0 Å². The fraction of sp³-hybridized carbons (Fsp3) is 0.550. The highest BCUT2D eigenvalue weighted by atomic mass is 127. The van der Waals surface area contributed by atoms with Gasteiger partial charge in [-0.2, -0.15) is 4.98 Å².